The van der Waals surface area contributed by atoms with Gasteiger partial charge < -0.3 is 15.7 Å². The van der Waals surface area contributed by atoms with Gasteiger partial charge in [0, 0.05) is 23.3 Å². The highest BCUT2D eigenvalue weighted by Gasteiger charge is 2.18. The summed E-state index contributed by atoms with van der Waals surface area (Å²) in [6, 6.07) is 3.52. The van der Waals surface area contributed by atoms with E-state index in [-0.39, 0.29) is 18.4 Å². The minimum Gasteiger partial charge on any atom is -0.481 e. The van der Waals surface area contributed by atoms with Gasteiger partial charge in [-0.1, -0.05) is 13.8 Å². The zero-order valence-corrected chi connectivity index (χ0v) is 12.9. The highest BCUT2D eigenvalue weighted by Crippen LogP contribution is 2.17. The molecule has 112 valence electrons. The van der Waals surface area contributed by atoms with Crippen LogP contribution in [0.4, 0.5) is 0 Å². The number of rotatable bonds is 8. The zero-order chi connectivity index (χ0) is 15.1. The average Bonchev–Trinajstić information content (AvgIpc) is 2.79. The molecule has 0 aromatic carbocycles. The molecule has 0 saturated carbocycles. The topological polar surface area (TPSA) is 78.4 Å². The summed E-state index contributed by atoms with van der Waals surface area (Å²) in [5.41, 5.74) is 0. The van der Waals surface area contributed by atoms with Crippen LogP contribution in [0.1, 0.15) is 30.0 Å². The Labute approximate surface area is 123 Å². The smallest absolute Gasteiger partial charge is 0.308 e. The number of hydrogen-bond acceptors (Lipinski definition) is 4. The summed E-state index contributed by atoms with van der Waals surface area (Å²) < 4.78 is 0. The largest absolute Gasteiger partial charge is 0.481 e. The minimum atomic E-state index is -0.825. The molecule has 1 aromatic heterocycles. The van der Waals surface area contributed by atoms with Gasteiger partial charge in [-0.15, -0.1) is 11.3 Å². The van der Waals surface area contributed by atoms with Crippen LogP contribution in [0.3, 0.4) is 0 Å². The van der Waals surface area contributed by atoms with Gasteiger partial charge in [0.15, 0.2) is 0 Å². The summed E-state index contributed by atoms with van der Waals surface area (Å²) >= 11 is 1.47. The SMILES string of the molecule is CNC(=O)C(CC(C)C)NCc1ccc(CC(=O)O)s1. The van der Waals surface area contributed by atoms with Crippen molar-refractivity contribution < 1.29 is 14.7 Å². The maximum atomic E-state index is 11.8. The molecule has 1 unspecified atom stereocenters. The zero-order valence-electron chi connectivity index (χ0n) is 12.1. The summed E-state index contributed by atoms with van der Waals surface area (Å²) in [6.45, 7) is 4.73. The maximum Gasteiger partial charge on any atom is 0.308 e. The Bertz CT molecular complexity index is 457. The Morgan fingerprint density at radius 1 is 1.30 bits per heavy atom. The Morgan fingerprint density at radius 3 is 2.50 bits per heavy atom. The fraction of sp³-hybridized carbons (Fsp3) is 0.571. The lowest BCUT2D eigenvalue weighted by molar-refractivity contribution is -0.136. The van der Waals surface area contributed by atoms with Gasteiger partial charge in [0.1, 0.15) is 0 Å². The molecular formula is C14H22N2O3S. The van der Waals surface area contributed by atoms with E-state index in [4.69, 9.17) is 5.11 Å². The van der Waals surface area contributed by atoms with Gasteiger partial charge in [-0.05, 0) is 24.5 Å². The Balaban J connectivity index is 2.56. The fourth-order valence-electron chi connectivity index (χ4n) is 1.91. The molecule has 0 fully saturated rings. The van der Waals surface area contributed by atoms with E-state index in [0.29, 0.717) is 12.5 Å². The molecule has 1 aromatic rings. The van der Waals surface area contributed by atoms with Crippen molar-refractivity contribution in [3.05, 3.63) is 21.9 Å². The van der Waals surface area contributed by atoms with Crippen LogP contribution in [0.5, 0.6) is 0 Å². The normalized spacial score (nSPS) is 12.4. The van der Waals surface area contributed by atoms with E-state index in [1.54, 1.807) is 7.05 Å². The molecule has 3 N–H and O–H groups in total. The van der Waals surface area contributed by atoms with Crippen molar-refractivity contribution in [1.82, 2.24) is 10.6 Å². The van der Waals surface area contributed by atoms with Crippen molar-refractivity contribution in [2.45, 2.75) is 39.3 Å². The molecule has 1 amide bonds. The number of carbonyl (C=O) groups is 2. The van der Waals surface area contributed by atoms with E-state index < -0.39 is 5.97 Å². The van der Waals surface area contributed by atoms with Crippen molar-refractivity contribution in [1.29, 1.82) is 0 Å². The fourth-order valence-corrected chi connectivity index (χ4v) is 2.87. The van der Waals surface area contributed by atoms with Gasteiger partial charge in [0.2, 0.25) is 5.91 Å². The number of thiophene rings is 1. The van der Waals surface area contributed by atoms with Crippen LogP contribution in [0.25, 0.3) is 0 Å². The van der Waals surface area contributed by atoms with Crippen molar-refractivity contribution in [2.24, 2.45) is 5.92 Å². The molecule has 1 heterocycles. The minimum absolute atomic E-state index is 0.0129. The molecule has 1 atom stereocenters. The quantitative estimate of drug-likeness (QED) is 0.681. The molecule has 20 heavy (non-hydrogen) atoms. The van der Waals surface area contributed by atoms with Crippen LogP contribution in [-0.4, -0.2) is 30.1 Å². The number of amides is 1. The third-order valence-electron chi connectivity index (χ3n) is 2.84. The van der Waals surface area contributed by atoms with Crippen LogP contribution >= 0.6 is 11.3 Å². The molecule has 0 aliphatic heterocycles. The van der Waals surface area contributed by atoms with Gasteiger partial charge in [-0.2, -0.15) is 0 Å². The summed E-state index contributed by atoms with van der Waals surface area (Å²) in [4.78, 5) is 24.3. The molecule has 0 radical (unpaired) electrons. The highest BCUT2D eigenvalue weighted by atomic mass is 32.1. The van der Waals surface area contributed by atoms with Crippen LogP contribution in [0, 0.1) is 5.92 Å². The number of likely N-dealkylation sites (N-methyl/N-ethyl adjacent to an activating group) is 1. The van der Waals surface area contributed by atoms with E-state index >= 15 is 0 Å². The van der Waals surface area contributed by atoms with Crippen LogP contribution in [-0.2, 0) is 22.6 Å². The summed E-state index contributed by atoms with van der Waals surface area (Å²) in [5, 5.41) is 14.6. The highest BCUT2D eigenvalue weighted by molar-refractivity contribution is 7.12. The third kappa shape index (κ3) is 5.71. The lowest BCUT2D eigenvalue weighted by Gasteiger charge is -2.18. The molecule has 6 heteroatoms. The van der Waals surface area contributed by atoms with Gasteiger partial charge >= 0.3 is 5.97 Å². The molecule has 0 aliphatic carbocycles. The number of aliphatic carboxylic acids is 1. The van der Waals surface area contributed by atoms with E-state index in [0.717, 1.165) is 16.2 Å². The van der Waals surface area contributed by atoms with Gasteiger partial charge in [-0.25, -0.2) is 0 Å². The van der Waals surface area contributed by atoms with Gasteiger partial charge in [0.05, 0.1) is 12.5 Å². The van der Waals surface area contributed by atoms with Crippen molar-refractivity contribution >= 4 is 23.2 Å². The Hall–Kier alpha value is -1.40. The second-order valence-electron chi connectivity index (χ2n) is 5.12. The molecule has 5 nitrogen and oxygen atoms in total. The van der Waals surface area contributed by atoms with Crippen LogP contribution in [0.2, 0.25) is 0 Å². The number of hydrogen-bond donors (Lipinski definition) is 3. The van der Waals surface area contributed by atoms with Crippen LogP contribution < -0.4 is 10.6 Å². The summed E-state index contributed by atoms with van der Waals surface area (Å²) in [6.07, 6.45) is 0.822. The first kappa shape index (κ1) is 16.7. The maximum absolute atomic E-state index is 11.8. The molecular weight excluding hydrogens is 276 g/mol. The molecule has 0 saturated heterocycles. The lowest BCUT2D eigenvalue weighted by atomic mass is 10.0. The first-order valence-electron chi connectivity index (χ1n) is 6.66. The second-order valence-corrected chi connectivity index (χ2v) is 6.37. The first-order valence-corrected chi connectivity index (χ1v) is 7.48. The number of carbonyl (C=O) groups excluding carboxylic acids is 1. The van der Waals surface area contributed by atoms with E-state index in [1.165, 1.54) is 11.3 Å². The summed E-state index contributed by atoms with van der Waals surface area (Å²) in [7, 11) is 1.63. The predicted molar refractivity (Wildman–Crippen MR) is 79.8 cm³/mol. The van der Waals surface area contributed by atoms with E-state index in [9.17, 15) is 9.59 Å². The lowest BCUT2D eigenvalue weighted by Crippen LogP contribution is -2.43. The average molecular weight is 298 g/mol. The molecule has 0 aliphatic rings. The monoisotopic (exact) mass is 298 g/mol. The van der Waals surface area contributed by atoms with Gasteiger partial charge in [0.25, 0.3) is 0 Å². The Kier molecular flexibility index (Phi) is 6.67. The molecule has 0 spiro atoms. The predicted octanol–water partition coefficient (Wildman–Crippen LogP) is 1.63. The Morgan fingerprint density at radius 2 is 1.95 bits per heavy atom. The summed E-state index contributed by atoms with van der Waals surface area (Å²) in [5.74, 6) is -0.411. The number of carboxylic acids is 1. The van der Waals surface area contributed by atoms with E-state index in [1.807, 2.05) is 12.1 Å². The van der Waals surface area contributed by atoms with Crippen LogP contribution in [0.15, 0.2) is 12.1 Å². The van der Waals surface area contributed by atoms with Gasteiger partial charge in [-0.3, -0.25) is 9.59 Å². The van der Waals surface area contributed by atoms with Crippen molar-refractivity contribution in [2.75, 3.05) is 7.05 Å². The molecule has 0 bridgehead atoms. The number of carboxylic acid groups (broad SMARTS) is 1. The standard InChI is InChI=1S/C14H22N2O3S/c1-9(2)6-12(14(19)15-3)16-8-11-5-4-10(20-11)7-13(17)18/h4-5,9,12,16H,6-8H2,1-3H3,(H,15,19)(H,17,18). The first-order chi connectivity index (χ1) is 9.42. The second kappa shape index (κ2) is 8.01. The van der Waals surface area contributed by atoms with E-state index in [2.05, 4.69) is 24.5 Å². The third-order valence-corrected chi connectivity index (χ3v) is 3.92. The van der Waals surface area contributed by atoms with Crippen molar-refractivity contribution in [3.8, 4) is 0 Å². The molecule has 1 rings (SSSR count). The van der Waals surface area contributed by atoms with Crippen molar-refractivity contribution in [3.63, 3.8) is 0 Å². The number of nitrogens with one attached hydrogen (secondary N) is 2.